The molecule has 3 rings (SSSR count). The Morgan fingerprint density at radius 3 is 2.50 bits per heavy atom. The SMILES string of the molecule is CC(F)(F)c1cc(C(=O)NCCc2ccc(F)cc2)n(-c2ccccc2Cl)n1. The van der Waals surface area contributed by atoms with Crippen molar-refractivity contribution >= 4 is 17.5 Å². The Morgan fingerprint density at radius 1 is 1.18 bits per heavy atom. The first kappa shape index (κ1) is 19.9. The summed E-state index contributed by atoms with van der Waals surface area (Å²) in [4.78, 5) is 12.6. The number of nitrogens with zero attached hydrogens (tertiary/aromatic N) is 2. The Bertz CT molecular complexity index is 981. The average molecular weight is 408 g/mol. The molecule has 0 bridgehead atoms. The molecule has 0 saturated heterocycles. The summed E-state index contributed by atoms with van der Waals surface area (Å²) in [7, 11) is 0. The third kappa shape index (κ3) is 4.54. The monoisotopic (exact) mass is 407 g/mol. The Balaban J connectivity index is 1.83. The van der Waals surface area contributed by atoms with Gasteiger partial charge in [0.05, 0.1) is 10.7 Å². The van der Waals surface area contributed by atoms with Gasteiger partial charge in [0.2, 0.25) is 0 Å². The number of rotatable bonds is 6. The summed E-state index contributed by atoms with van der Waals surface area (Å²) in [6.07, 6.45) is 0.461. The van der Waals surface area contributed by atoms with Gasteiger partial charge in [-0.2, -0.15) is 13.9 Å². The number of benzene rings is 2. The van der Waals surface area contributed by atoms with Crippen molar-refractivity contribution in [2.24, 2.45) is 0 Å². The van der Waals surface area contributed by atoms with Gasteiger partial charge >= 0.3 is 0 Å². The van der Waals surface area contributed by atoms with E-state index in [-0.39, 0.29) is 23.1 Å². The van der Waals surface area contributed by atoms with E-state index in [1.165, 1.54) is 12.1 Å². The van der Waals surface area contributed by atoms with Crippen LogP contribution in [-0.2, 0) is 12.3 Å². The number of hydrogen-bond donors (Lipinski definition) is 1. The number of nitrogens with one attached hydrogen (secondary N) is 1. The summed E-state index contributed by atoms with van der Waals surface area (Å²) in [6, 6.07) is 13.5. The van der Waals surface area contributed by atoms with Crippen molar-refractivity contribution in [3.8, 4) is 5.69 Å². The first-order chi connectivity index (χ1) is 13.3. The Morgan fingerprint density at radius 2 is 1.86 bits per heavy atom. The largest absolute Gasteiger partial charge is 0.350 e. The molecule has 146 valence electrons. The highest BCUT2D eigenvalue weighted by molar-refractivity contribution is 6.32. The van der Waals surface area contributed by atoms with E-state index < -0.39 is 17.5 Å². The van der Waals surface area contributed by atoms with Crippen LogP contribution in [0.1, 0.15) is 28.7 Å². The van der Waals surface area contributed by atoms with Gasteiger partial charge in [0, 0.05) is 13.5 Å². The molecule has 28 heavy (non-hydrogen) atoms. The standard InChI is InChI=1S/C20H17ClF3N3O/c1-20(23,24)18-12-17(27(26-18)16-5-3-2-4-15(16)21)19(28)25-11-10-13-6-8-14(22)9-7-13/h2-9,12H,10-11H2,1H3,(H,25,28). The number of aromatic nitrogens is 2. The van der Waals surface area contributed by atoms with Gasteiger partial charge in [-0.3, -0.25) is 4.79 Å². The van der Waals surface area contributed by atoms with Crippen LogP contribution in [0, 0.1) is 5.82 Å². The number of halogens is 4. The van der Waals surface area contributed by atoms with Crippen LogP contribution in [0.4, 0.5) is 13.2 Å². The number of para-hydroxylation sites is 1. The molecule has 0 radical (unpaired) electrons. The molecular weight excluding hydrogens is 391 g/mol. The lowest BCUT2D eigenvalue weighted by molar-refractivity contribution is 0.0124. The average Bonchev–Trinajstić information content (AvgIpc) is 3.09. The summed E-state index contributed by atoms with van der Waals surface area (Å²) in [5.41, 5.74) is 0.574. The second-order valence-electron chi connectivity index (χ2n) is 6.30. The summed E-state index contributed by atoms with van der Waals surface area (Å²) >= 11 is 6.15. The summed E-state index contributed by atoms with van der Waals surface area (Å²) < 4.78 is 41.6. The van der Waals surface area contributed by atoms with Gasteiger partial charge < -0.3 is 5.32 Å². The van der Waals surface area contributed by atoms with E-state index in [2.05, 4.69) is 10.4 Å². The van der Waals surface area contributed by atoms with E-state index in [0.717, 1.165) is 16.3 Å². The summed E-state index contributed by atoms with van der Waals surface area (Å²) in [6.45, 7) is 0.957. The number of hydrogen-bond acceptors (Lipinski definition) is 2. The fraction of sp³-hybridized carbons (Fsp3) is 0.200. The van der Waals surface area contributed by atoms with E-state index in [9.17, 15) is 18.0 Å². The third-order valence-electron chi connectivity index (χ3n) is 4.08. The highest BCUT2D eigenvalue weighted by atomic mass is 35.5. The molecule has 2 aromatic carbocycles. The van der Waals surface area contributed by atoms with E-state index >= 15 is 0 Å². The van der Waals surface area contributed by atoms with Crippen LogP contribution in [0.2, 0.25) is 5.02 Å². The number of carbonyl (C=O) groups excluding carboxylic acids is 1. The molecule has 0 atom stereocenters. The molecule has 0 aliphatic heterocycles. The van der Waals surface area contributed by atoms with Crippen molar-refractivity contribution in [2.75, 3.05) is 6.54 Å². The van der Waals surface area contributed by atoms with Gasteiger partial charge in [0.25, 0.3) is 11.8 Å². The van der Waals surface area contributed by atoms with E-state index in [1.807, 2.05) is 0 Å². The number of alkyl halides is 2. The molecule has 4 nitrogen and oxygen atoms in total. The molecule has 0 saturated carbocycles. The highest BCUT2D eigenvalue weighted by Crippen LogP contribution is 2.29. The van der Waals surface area contributed by atoms with E-state index in [1.54, 1.807) is 36.4 Å². The first-order valence-corrected chi connectivity index (χ1v) is 8.89. The predicted molar refractivity (Wildman–Crippen MR) is 101 cm³/mol. The molecule has 0 unspecified atom stereocenters. The third-order valence-corrected chi connectivity index (χ3v) is 4.40. The van der Waals surface area contributed by atoms with Crippen molar-refractivity contribution < 1.29 is 18.0 Å². The minimum absolute atomic E-state index is 0.0521. The van der Waals surface area contributed by atoms with Gasteiger partial charge in [0.1, 0.15) is 17.2 Å². The van der Waals surface area contributed by atoms with Crippen LogP contribution >= 0.6 is 11.6 Å². The molecule has 0 aliphatic carbocycles. The minimum Gasteiger partial charge on any atom is -0.350 e. The zero-order valence-electron chi connectivity index (χ0n) is 14.9. The molecule has 0 fully saturated rings. The van der Waals surface area contributed by atoms with Crippen molar-refractivity contribution in [1.29, 1.82) is 0 Å². The van der Waals surface area contributed by atoms with Crippen LogP contribution < -0.4 is 5.32 Å². The van der Waals surface area contributed by atoms with Gasteiger partial charge in [-0.25, -0.2) is 9.07 Å². The summed E-state index contributed by atoms with van der Waals surface area (Å²) in [5.74, 6) is -4.12. The number of carbonyl (C=O) groups is 1. The van der Waals surface area contributed by atoms with E-state index in [4.69, 9.17) is 11.6 Å². The lowest BCUT2D eigenvalue weighted by atomic mass is 10.1. The van der Waals surface area contributed by atoms with Gasteiger partial charge in [-0.1, -0.05) is 35.9 Å². The Hall–Kier alpha value is -2.80. The number of amides is 1. The van der Waals surface area contributed by atoms with E-state index in [0.29, 0.717) is 19.0 Å². The zero-order chi connectivity index (χ0) is 20.3. The van der Waals surface area contributed by atoms with Crippen molar-refractivity contribution in [3.05, 3.63) is 82.4 Å². The molecule has 3 aromatic rings. The fourth-order valence-electron chi connectivity index (χ4n) is 2.63. The maximum atomic E-state index is 13.8. The first-order valence-electron chi connectivity index (χ1n) is 8.51. The van der Waals surface area contributed by atoms with Crippen LogP contribution in [0.15, 0.2) is 54.6 Å². The quantitative estimate of drug-likeness (QED) is 0.641. The topological polar surface area (TPSA) is 46.9 Å². The molecule has 1 aromatic heterocycles. The molecule has 1 heterocycles. The van der Waals surface area contributed by atoms with Gasteiger partial charge in [0.15, 0.2) is 0 Å². The fourth-order valence-corrected chi connectivity index (χ4v) is 2.84. The van der Waals surface area contributed by atoms with Crippen molar-refractivity contribution in [2.45, 2.75) is 19.3 Å². The molecule has 0 spiro atoms. The zero-order valence-corrected chi connectivity index (χ0v) is 15.7. The normalized spacial score (nSPS) is 11.5. The second kappa shape index (κ2) is 8.06. The van der Waals surface area contributed by atoms with Gasteiger partial charge in [-0.05, 0) is 42.3 Å². The highest BCUT2D eigenvalue weighted by Gasteiger charge is 2.31. The molecule has 1 N–H and O–H groups in total. The van der Waals surface area contributed by atoms with Crippen LogP contribution in [0.25, 0.3) is 5.69 Å². The second-order valence-corrected chi connectivity index (χ2v) is 6.71. The maximum Gasteiger partial charge on any atom is 0.288 e. The van der Waals surface area contributed by atoms with Gasteiger partial charge in [-0.15, -0.1) is 0 Å². The predicted octanol–water partition coefficient (Wildman–Crippen LogP) is 4.75. The van der Waals surface area contributed by atoms with Crippen LogP contribution in [0.3, 0.4) is 0 Å². The Kier molecular flexibility index (Phi) is 5.74. The lowest BCUT2D eigenvalue weighted by Gasteiger charge is -2.10. The summed E-state index contributed by atoms with van der Waals surface area (Å²) in [5, 5.41) is 6.84. The maximum absolute atomic E-state index is 13.8. The molecule has 0 aliphatic rings. The lowest BCUT2D eigenvalue weighted by Crippen LogP contribution is -2.27. The van der Waals surface area contributed by atoms with Crippen molar-refractivity contribution in [1.82, 2.24) is 15.1 Å². The van der Waals surface area contributed by atoms with Crippen LogP contribution in [0.5, 0.6) is 0 Å². The van der Waals surface area contributed by atoms with Crippen molar-refractivity contribution in [3.63, 3.8) is 0 Å². The minimum atomic E-state index is -3.21. The Labute approximate surface area is 164 Å². The molecule has 8 heteroatoms. The smallest absolute Gasteiger partial charge is 0.288 e. The molecular formula is C20H17ClF3N3O. The van der Waals surface area contributed by atoms with Crippen LogP contribution in [-0.4, -0.2) is 22.2 Å². The molecule has 1 amide bonds.